The Morgan fingerprint density at radius 1 is 1.16 bits per heavy atom. The van der Waals surface area contributed by atoms with Crippen LogP contribution in [-0.4, -0.2) is 19.0 Å². The fourth-order valence-electron chi connectivity index (χ4n) is 2.70. The number of aliphatic imine (C=N–C) groups is 1. The van der Waals surface area contributed by atoms with E-state index in [0.29, 0.717) is 12.6 Å². The first-order valence-corrected chi connectivity index (χ1v) is 7.04. The molecule has 0 saturated heterocycles. The van der Waals surface area contributed by atoms with Crippen LogP contribution in [0.3, 0.4) is 0 Å². The van der Waals surface area contributed by atoms with Crippen molar-refractivity contribution in [1.82, 2.24) is 0 Å². The summed E-state index contributed by atoms with van der Waals surface area (Å²) in [6, 6.07) is 9.21. The van der Waals surface area contributed by atoms with Gasteiger partial charge in [-0.1, -0.05) is 31.4 Å². The monoisotopic (exact) mass is 260 g/mol. The highest BCUT2D eigenvalue weighted by atomic mass is 15.1. The highest BCUT2D eigenvalue weighted by molar-refractivity contribution is 5.75. The smallest absolute Gasteiger partial charge is 0.186 e. The summed E-state index contributed by atoms with van der Waals surface area (Å²) in [5, 5.41) is 0. The van der Waals surface area contributed by atoms with E-state index in [2.05, 4.69) is 41.2 Å². The second kappa shape index (κ2) is 6.45. The summed E-state index contributed by atoms with van der Waals surface area (Å²) < 4.78 is 0. The molecule has 1 aliphatic rings. The van der Waals surface area contributed by atoms with Gasteiger partial charge in [0.05, 0.1) is 6.54 Å². The molecular weight excluding hydrogens is 236 g/mol. The zero-order chi connectivity index (χ0) is 13.7. The van der Waals surface area contributed by atoms with Gasteiger partial charge in [-0.15, -0.1) is 0 Å². The maximum absolute atomic E-state index is 5.34. The van der Waals surface area contributed by atoms with E-state index in [4.69, 9.17) is 11.5 Å². The first kappa shape index (κ1) is 13.7. The van der Waals surface area contributed by atoms with Crippen LogP contribution in [0.5, 0.6) is 0 Å². The molecule has 4 nitrogen and oxygen atoms in total. The van der Waals surface area contributed by atoms with Crippen molar-refractivity contribution in [2.75, 3.05) is 11.9 Å². The lowest BCUT2D eigenvalue weighted by Gasteiger charge is -2.33. The number of nitrogens with two attached hydrogens (primary N) is 2. The van der Waals surface area contributed by atoms with Gasteiger partial charge in [-0.3, -0.25) is 0 Å². The van der Waals surface area contributed by atoms with Crippen molar-refractivity contribution >= 4 is 11.6 Å². The number of anilines is 1. The van der Waals surface area contributed by atoms with Crippen LogP contribution in [-0.2, 0) is 6.54 Å². The third kappa shape index (κ3) is 3.88. The predicted octanol–water partition coefficient (Wildman–Crippen LogP) is 2.23. The molecule has 4 N–H and O–H groups in total. The standard InChI is InChI=1S/C15H24N4/c1-19(13-5-3-2-4-6-13)14-9-7-12(8-10-14)11-18-15(16)17/h7-10,13H,2-6,11H2,1H3,(H4,16,17,18). The van der Waals surface area contributed by atoms with Gasteiger partial charge in [0, 0.05) is 18.8 Å². The minimum absolute atomic E-state index is 0.142. The summed E-state index contributed by atoms with van der Waals surface area (Å²) in [7, 11) is 2.20. The lowest BCUT2D eigenvalue weighted by atomic mass is 9.94. The minimum atomic E-state index is 0.142. The van der Waals surface area contributed by atoms with Crippen molar-refractivity contribution in [2.45, 2.75) is 44.7 Å². The molecule has 1 fully saturated rings. The van der Waals surface area contributed by atoms with Gasteiger partial charge in [-0.05, 0) is 30.5 Å². The molecule has 0 heterocycles. The van der Waals surface area contributed by atoms with Gasteiger partial charge in [0.25, 0.3) is 0 Å². The van der Waals surface area contributed by atoms with Crippen molar-refractivity contribution in [2.24, 2.45) is 16.5 Å². The Hall–Kier alpha value is -1.71. The minimum Gasteiger partial charge on any atom is -0.372 e. The largest absolute Gasteiger partial charge is 0.372 e. The summed E-state index contributed by atoms with van der Waals surface area (Å²) in [5.41, 5.74) is 13.1. The number of rotatable bonds is 4. The van der Waals surface area contributed by atoms with Crippen LogP contribution in [0.25, 0.3) is 0 Å². The van der Waals surface area contributed by atoms with Crippen molar-refractivity contribution < 1.29 is 0 Å². The SMILES string of the molecule is CN(c1ccc(CN=C(N)N)cc1)C1CCCCC1. The van der Waals surface area contributed by atoms with Gasteiger partial charge in [-0.2, -0.15) is 0 Å². The quantitative estimate of drug-likeness (QED) is 0.644. The number of guanidine groups is 1. The summed E-state index contributed by atoms with van der Waals surface area (Å²) in [4.78, 5) is 6.42. The summed E-state index contributed by atoms with van der Waals surface area (Å²) in [6.07, 6.45) is 6.73. The van der Waals surface area contributed by atoms with Crippen LogP contribution < -0.4 is 16.4 Å². The Kier molecular flexibility index (Phi) is 4.66. The highest BCUT2D eigenvalue weighted by Crippen LogP contribution is 2.26. The van der Waals surface area contributed by atoms with Gasteiger partial charge >= 0.3 is 0 Å². The van der Waals surface area contributed by atoms with E-state index in [-0.39, 0.29) is 5.96 Å². The summed E-state index contributed by atoms with van der Waals surface area (Å²) >= 11 is 0. The number of nitrogens with zero attached hydrogens (tertiary/aromatic N) is 2. The predicted molar refractivity (Wildman–Crippen MR) is 81.2 cm³/mol. The molecule has 1 saturated carbocycles. The van der Waals surface area contributed by atoms with Gasteiger partial charge in [0.2, 0.25) is 0 Å². The van der Waals surface area contributed by atoms with Gasteiger partial charge in [-0.25, -0.2) is 4.99 Å². The zero-order valence-corrected chi connectivity index (χ0v) is 11.7. The first-order chi connectivity index (χ1) is 9.16. The normalized spacial score (nSPS) is 16.1. The van der Waals surface area contributed by atoms with E-state index in [0.717, 1.165) is 5.56 Å². The van der Waals surface area contributed by atoms with E-state index in [9.17, 15) is 0 Å². The van der Waals surface area contributed by atoms with E-state index >= 15 is 0 Å². The van der Waals surface area contributed by atoms with Crippen LogP contribution in [0.2, 0.25) is 0 Å². The number of hydrogen-bond donors (Lipinski definition) is 2. The maximum atomic E-state index is 5.34. The Morgan fingerprint density at radius 2 is 1.79 bits per heavy atom. The topological polar surface area (TPSA) is 67.6 Å². The second-order valence-corrected chi connectivity index (χ2v) is 5.31. The third-order valence-electron chi connectivity index (χ3n) is 3.91. The molecule has 0 amide bonds. The van der Waals surface area contributed by atoms with E-state index in [1.54, 1.807) is 0 Å². The van der Waals surface area contributed by atoms with Crippen molar-refractivity contribution in [3.05, 3.63) is 29.8 Å². The van der Waals surface area contributed by atoms with Crippen LogP contribution in [0, 0.1) is 0 Å². The van der Waals surface area contributed by atoms with Crippen LogP contribution in [0.15, 0.2) is 29.3 Å². The van der Waals surface area contributed by atoms with Crippen molar-refractivity contribution in [3.63, 3.8) is 0 Å². The molecule has 2 rings (SSSR count). The fraction of sp³-hybridized carbons (Fsp3) is 0.533. The molecular formula is C15H24N4. The van der Waals surface area contributed by atoms with Crippen LogP contribution in [0.4, 0.5) is 5.69 Å². The molecule has 0 unspecified atom stereocenters. The lowest BCUT2D eigenvalue weighted by Crippen LogP contribution is -2.33. The number of hydrogen-bond acceptors (Lipinski definition) is 2. The van der Waals surface area contributed by atoms with Crippen molar-refractivity contribution in [3.8, 4) is 0 Å². The molecule has 4 heteroatoms. The molecule has 0 atom stereocenters. The van der Waals surface area contributed by atoms with Crippen LogP contribution in [0.1, 0.15) is 37.7 Å². The maximum Gasteiger partial charge on any atom is 0.186 e. The Morgan fingerprint density at radius 3 is 2.37 bits per heavy atom. The molecule has 1 aliphatic carbocycles. The Labute approximate surface area is 115 Å². The van der Waals surface area contributed by atoms with Crippen molar-refractivity contribution in [1.29, 1.82) is 0 Å². The van der Waals surface area contributed by atoms with Crippen LogP contribution >= 0.6 is 0 Å². The van der Waals surface area contributed by atoms with E-state index in [1.807, 2.05) is 0 Å². The summed E-state index contributed by atoms with van der Waals surface area (Å²) in [5.74, 6) is 0.142. The average molecular weight is 260 g/mol. The molecule has 1 aromatic carbocycles. The molecule has 0 aliphatic heterocycles. The lowest BCUT2D eigenvalue weighted by molar-refractivity contribution is 0.427. The van der Waals surface area contributed by atoms with Gasteiger partial charge in [0.15, 0.2) is 5.96 Å². The zero-order valence-electron chi connectivity index (χ0n) is 11.7. The molecule has 0 radical (unpaired) electrons. The first-order valence-electron chi connectivity index (χ1n) is 7.04. The molecule has 19 heavy (non-hydrogen) atoms. The molecule has 0 bridgehead atoms. The number of benzene rings is 1. The molecule has 1 aromatic rings. The second-order valence-electron chi connectivity index (χ2n) is 5.31. The highest BCUT2D eigenvalue weighted by Gasteiger charge is 2.17. The molecule has 104 valence electrons. The van der Waals surface area contributed by atoms with E-state index in [1.165, 1.54) is 37.8 Å². The molecule has 0 aromatic heterocycles. The Balaban J connectivity index is 1.98. The van der Waals surface area contributed by atoms with Gasteiger partial charge < -0.3 is 16.4 Å². The Bertz CT molecular complexity index is 414. The average Bonchev–Trinajstić information content (AvgIpc) is 2.46. The third-order valence-corrected chi connectivity index (χ3v) is 3.91. The van der Waals surface area contributed by atoms with Gasteiger partial charge in [0.1, 0.15) is 0 Å². The fourth-order valence-corrected chi connectivity index (χ4v) is 2.70. The van der Waals surface area contributed by atoms with E-state index < -0.39 is 0 Å². The summed E-state index contributed by atoms with van der Waals surface area (Å²) in [6.45, 7) is 0.551. The molecule has 0 spiro atoms.